The maximum atomic E-state index is 14.9. The number of halogens is 2. The molecule has 0 unspecified atom stereocenters. The minimum absolute atomic E-state index is 0.0239. The summed E-state index contributed by atoms with van der Waals surface area (Å²) in [6, 6.07) is 5.64. The van der Waals surface area contributed by atoms with E-state index in [1.54, 1.807) is 20.0 Å². The molecule has 2 aliphatic rings. The van der Waals surface area contributed by atoms with Crippen molar-refractivity contribution >= 4 is 11.0 Å². The number of hydrogen-bond donors (Lipinski definition) is 0. The van der Waals surface area contributed by atoms with Crippen molar-refractivity contribution in [3.8, 4) is 11.1 Å². The van der Waals surface area contributed by atoms with Gasteiger partial charge in [-0.05, 0) is 50.8 Å². The van der Waals surface area contributed by atoms with Crippen LogP contribution in [0.1, 0.15) is 60.8 Å². The Labute approximate surface area is 200 Å². The van der Waals surface area contributed by atoms with Crippen molar-refractivity contribution < 1.29 is 13.5 Å². The highest BCUT2D eigenvalue weighted by molar-refractivity contribution is 5.92. The first-order valence-electron chi connectivity index (χ1n) is 11.9. The first-order valence-corrected chi connectivity index (χ1v) is 11.9. The first kappa shape index (κ1) is 22.0. The lowest BCUT2D eigenvalue weighted by Crippen LogP contribution is -2.23. The molecule has 1 saturated carbocycles. The zero-order valence-electron chi connectivity index (χ0n) is 19.5. The monoisotopic (exact) mass is 477 g/mol. The standard InChI is InChI=1S/C26H25F2N5O2/c1-14-30-25-24(26(34)32(14)2)20(19-6-3-17(27)10-21(19)28)11-22(31-25)15-7-8-35-23(9-15)16-12-29-33(13-16)18-4-5-18/h3,6,10-13,15,18,23H,4-5,7-9H2,1-2H3/t15-,23+/m1/s1. The Balaban J connectivity index is 1.45. The van der Waals surface area contributed by atoms with Gasteiger partial charge in [0, 0.05) is 54.2 Å². The second-order valence-corrected chi connectivity index (χ2v) is 9.51. The van der Waals surface area contributed by atoms with E-state index in [-0.39, 0.29) is 34.2 Å². The van der Waals surface area contributed by atoms with Gasteiger partial charge in [-0.3, -0.25) is 14.0 Å². The van der Waals surface area contributed by atoms with Crippen molar-refractivity contribution in [3.63, 3.8) is 0 Å². The molecule has 9 heteroatoms. The van der Waals surface area contributed by atoms with Gasteiger partial charge in [-0.15, -0.1) is 0 Å². The van der Waals surface area contributed by atoms with E-state index in [1.807, 2.05) is 10.9 Å². The molecular formula is C26H25F2N5O2. The number of fused-ring (bicyclic) bond motifs is 1. The maximum Gasteiger partial charge on any atom is 0.263 e. The van der Waals surface area contributed by atoms with Gasteiger partial charge in [-0.1, -0.05) is 0 Å². The van der Waals surface area contributed by atoms with Crippen molar-refractivity contribution in [1.82, 2.24) is 24.3 Å². The molecule has 6 rings (SSSR count). The van der Waals surface area contributed by atoms with Gasteiger partial charge in [-0.25, -0.2) is 18.7 Å². The number of nitrogens with zero attached hydrogens (tertiary/aromatic N) is 5. The molecule has 0 bridgehead atoms. The van der Waals surface area contributed by atoms with Crippen LogP contribution in [0.3, 0.4) is 0 Å². The minimum atomic E-state index is -0.733. The summed E-state index contributed by atoms with van der Waals surface area (Å²) in [6.45, 7) is 2.28. The van der Waals surface area contributed by atoms with Crippen molar-refractivity contribution in [2.75, 3.05) is 6.61 Å². The molecule has 2 atom stereocenters. The van der Waals surface area contributed by atoms with E-state index < -0.39 is 11.6 Å². The van der Waals surface area contributed by atoms with E-state index in [1.165, 1.54) is 16.7 Å². The summed E-state index contributed by atoms with van der Waals surface area (Å²) in [5, 5.41) is 4.72. The minimum Gasteiger partial charge on any atom is -0.373 e. The number of aryl methyl sites for hydroxylation is 1. The Kier molecular flexibility index (Phi) is 5.25. The number of ether oxygens (including phenoxy) is 1. The first-order chi connectivity index (χ1) is 16.9. The van der Waals surface area contributed by atoms with Gasteiger partial charge < -0.3 is 4.74 Å². The molecule has 35 heavy (non-hydrogen) atoms. The van der Waals surface area contributed by atoms with Crippen LogP contribution in [0.25, 0.3) is 22.2 Å². The second-order valence-electron chi connectivity index (χ2n) is 9.51. The maximum absolute atomic E-state index is 14.9. The van der Waals surface area contributed by atoms with Crippen LogP contribution in [0, 0.1) is 18.6 Å². The number of pyridine rings is 1. The fourth-order valence-corrected chi connectivity index (χ4v) is 4.87. The van der Waals surface area contributed by atoms with Gasteiger partial charge in [0.2, 0.25) is 0 Å². The van der Waals surface area contributed by atoms with Crippen LogP contribution in [0.5, 0.6) is 0 Å². The molecular weight excluding hydrogens is 452 g/mol. The van der Waals surface area contributed by atoms with E-state index >= 15 is 0 Å². The third kappa shape index (κ3) is 3.93. The molecule has 1 aromatic carbocycles. The van der Waals surface area contributed by atoms with Crippen LogP contribution in [0.2, 0.25) is 0 Å². The summed E-state index contributed by atoms with van der Waals surface area (Å²) < 4.78 is 38.0. The predicted molar refractivity (Wildman–Crippen MR) is 126 cm³/mol. The van der Waals surface area contributed by atoms with Crippen LogP contribution in [0.15, 0.2) is 41.5 Å². The van der Waals surface area contributed by atoms with Gasteiger partial charge >= 0.3 is 0 Å². The van der Waals surface area contributed by atoms with Crippen LogP contribution < -0.4 is 5.56 Å². The van der Waals surface area contributed by atoms with Crippen molar-refractivity contribution in [3.05, 3.63) is 75.7 Å². The third-order valence-electron chi connectivity index (χ3n) is 7.13. The van der Waals surface area contributed by atoms with Gasteiger partial charge in [0.05, 0.1) is 23.7 Å². The van der Waals surface area contributed by atoms with E-state index in [0.29, 0.717) is 30.5 Å². The van der Waals surface area contributed by atoms with Crippen LogP contribution in [-0.2, 0) is 11.8 Å². The normalized spacial score (nSPS) is 20.5. The summed E-state index contributed by atoms with van der Waals surface area (Å²) in [4.78, 5) is 22.5. The molecule has 3 aromatic heterocycles. The molecule has 0 spiro atoms. The Morgan fingerprint density at radius 1 is 1.09 bits per heavy atom. The fraction of sp³-hybridized carbons (Fsp3) is 0.385. The topological polar surface area (TPSA) is 74.8 Å². The number of rotatable bonds is 4. The highest BCUT2D eigenvalue weighted by atomic mass is 19.1. The molecule has 4 aromatic rings. The number of benzene rings is 1. The van der Waals surface area contributed by atoms with E-state index in [4.69, 9.17) is 9.72 Å². The summed E-state index contributed by atoms with van der Waals surface area (Å²) in [5.74, 6) is -0.875. The smallest absolute Gasteiger partial charge is 0.263 e. The molecule has 0 amide bonds. The molecule has 1 saturated heterocycles. The van der Waals surface area contributed by atoms with Crippen LogP contribution >= 0.6 is 0 Å². The molecule has 7 nitrogen and oxygen atoms in total. The van der Waals surface area contributed by atoms with Crippen molar-refractivity contribution in [1.29, 1.82) is 0 Å². The molecule has 0 N–H and O–H groups in total. The SMILES string of the molecule is Cc1nc2nc([C@@H]3CCO[C@H](c4cnn(C5CC5)c4)C3)cc(-c3ccc(F)cc3F)c2c(=O)n1C. The molecule has 2 fully saturated rings. The highest BCUT2D eigenvalue weighted by Gasteiger charge is 2.30. The molecule has 1 aliphatic heterocycles. The number of aromatic nitrogens is 5. The molecule has 0 radical (unpaired) electrons. The lowest BCUT2D eigenvalue weighted by atomic mass is 9.88. The van der Waals surface area contributed by atoms with Gasteiger partial charge in [-0.2, -0.15) is 5.10 Å². The fourth-order valence-electron chi connectivity index (χ4n) is 4.87. The van der Waals surface area contributed by atoms with Crippen molar-refractivity contribution in [2.45, 2.75) is 50.7 Å². The summed E-state index contributed by atoms with van der Waals surface area (Å²) in [7, 11) is 1.62. The Hall–Kier alpha value is -3.46. The molecule has 4 heterocycles. The zero-order valence-corrected chi connectivity index (χ0v) is 19.5. The second kappa shape index (κ2) is 8.34. The Morgan fingerprint density at radius 3 is 2.69 bits per heavy atom. The Bertz CT molecular complexity index is 1510. The zero-order chi connectivity index (χ0) is 24.3. The van der Waals surface area contributed by atoms with Gasteiger partial charge in [0.25, 0.3) is 5.56 Å². The lowest BCUT2D eigenvalue weighted by molar-refractivity contribution is 0.00463. The predicted octanol–water partition coefficient (Wildman–Crippen LogP) is 4.75. The summed E-state index contributed by atoms with van der Waals surface area (Å²) in [5.41, 5.74) is 2.24. The van der Waals surface area contributed by atoms with E-state index in [0.717, 1.165) is 36.6 Å². The lowest BCUT2D eigenvalue weighted by Gasteiger charge is -2.29. The van der Waals surface area contributed by atoms with Crippen molar-refractivity contribution in [2.24, 2.45) is 7.05 Å². The van der Waals surface area contributed by atoms with Gasteiger partial charge in [0.15, 0.2) is 5.65 Å². The summed E-state index contributed by atoms with van der Waals surface area (Å²) >= 11 is 0. The molecule has 1 aliphatic carbocycles. The Morgan fingerprint density at radius 2 is 1.91 bits per heavy atom. The average molecular weight is 478 g/mol. The van der Waals surface area contributed by atoms with Crippen LogP contribution in [-0.4, -0.2) is 30.9 Å². The van der Waals surface area contributed by atoms with E-state index in [2.05, 4.69) is 16.3 Å². The number of hydrogen-bond acceptors (Lipinski definition) is 5. The largest absolute Gasteiger partial charge is 0.373 e. The van der Waals surface area contributed by atoms with Crippen LogP contribution in [0.4, 0.5) is 8.78 Å². The third-order valence-corrected chi connectivity index (χ3v) is 7.13. The average Bonchev–Trinajstić information content (AvgIpc) is 3.58. The highest BCUT2D eigenvalue weighted by Crippen LogP contribution is 2.40. The van der Waals surface area contributed by atoms with Gasteiger partial charge in [0.1, 0.15) is 17.5 Å². The van der Waals surface area contributed by atoms with E-state index in [9.17, 15) is 13.6 Å². The molecule has 180 valence electrons. The summed E-state index contributed by atoms with van der Waals surface area (Å²) in [6.07, 6.45) is 7.54. The quantitative estimate of drug-likeness (QED) is 0.424.